The standard InChI is InChI=1S/C27H25ClN4O4S/c1-19-25(28)5-3-6-26(19)32(37(35,36)24-14-10-20(29-2)11-15-24)18-23(33)13-9-21-8-12-22(17-30-21)31-16-4-7-27(31)34/h3,5-6,8,10-12,14-15,17H,4,7,9,13,16,18H2,1H3. The first-order valence-corrected chi connectivity index (χ1v) is 13.5. The van der Waals surface area contributed by atoms with Crippen LogP contribution >= 0.6 is 11.6 Å². The highest BCUT2D eigenvalue weighted by Gasteiger charge is 2.29. The molecule has 10 heteroatoms. The summed E-state index contributed by atoms with van der Waals surface area (Å²) < 4.78 is 28.3. The normalized spacial score (nSPS) is 13.4. The van der Waals surface area contributed by atoms with Crippen molar-refractivity contribution in [2.45, 2.75) is 37.5 Å². The van der Waals surface area contributed by atoms with Gasteiger partial charge >= 0.3 is 0 Å². The molecular formula is C27H25ClN4O4S. The first kappa shape index (κ1) is 26.3. The Morgan fingerprint density at radius 2 is 1.92 bits per heavy atom. The molecule has 4 rings (SSSR count). The number of ketones is 1. The molecule has 1 fully saturated rings. The smallest absolute Gasteiger partial charge is 0.264 e. The van der Waals surface area contributed by atoms with Crippen molar-refractivity contribution in [2.75, 3.05) is 22.3 Å². The lowest BCUT2D eigenvalue weighted by atomic mass is 10.1. The molecule has 0 N–H and O–H groups in total. The van der Waals surface area contributed by atoms with Gasteiger partial charge in [-0.3, -0.25) is 18.9 Å². The summed E-state index contributed by atoms with van der Waals surface area (Å²) in [4.78, 5) is 34.3. The maximum Gasteiger partial charge on any atom is 0.264 e. The molecule has 0 aliphatic carbocycles. The van der Waals surface area contributed by atoms with Crippen molar-refractivity contribution in [1.29, 1.82) is 0 Å². The molecule has 0 saturated carbocycles. The summed E-state index contributed by atoms with van der Waals surface area (Å²) in [6, 6.07) is 14.1. The maximum atomic E-state index is 13.6. The molecule has 37 heavy (non-hydrogen) atoms. The van der Waals surface area contributed by atoms with E-state index in [0.717, 1.165) is 16.4 Å². The monoisotopic (exact) mass is 536 g/mol. The summed E-state index contributed by atoms with van der Waals surface area (Å²) in [6.07, 6.45) is 3.39. The number of aryl methyl sites for hydroxylation is 1. The highest BCUT2D eigenvalue weighted by atomic mass is 35.5. The molecule has 2 heterocycles. The molecular weight excluding hydrogens is 512 g/mol. The fraction of sp³-hybridized carbons (Fsp3) is 0.259. The summed E-state index contributed by atoms with van der Waals surface area (Å²) >= 11 is 6.27. The first-order valence-electron chi connectivity index (χ1n) is 11.7. The van der Waals surface area contributed by atoms with Gasteiger partial charge in [-0.25, -0.2) is 13.3 Å². The van der Waals surface area contributed by atoms with Gasteiger partial charge < -0.3 is 4.90 Å². The van der Waals surface area contributed by atoms with E-state index in [0.29, 0.717) is 47.0 Å². The summed E-state index contributed by atoms with van der Waals surface area (Å²) in [7, 11) is -4.12. The Hall–Kier alpha value is -3.74. The number of carbonyl (C=O) groups excluding carboxylic acids is 2. The van der Waals surface area contributed by atoms with E-state index in [1.807, 2.05) is 6.07 Å². The van der Waals surface area contributed by atoms with E-state index < -0.39 is 10.0 Å². The number of Topliss-reactive ketones (excluding diaryl/α,β-unsaturated/α-hetero) is 1. The molecule has 0 radical (unpaired) electrons. The number of halogens is 1. The average Bonchev–Trinajstić information content (AvgIpc) is 3.34. The van der Waals surface area contributed by atoms with E-state index in [-0.39, 0.29) is 29.6 Å². The molecule has 0 unspecified atom stereocenters. The van der Waals surface area contributed by atoms with E-state index in [1.165, 1.54) is 24.3 Å². The second-order valence-electron chi connectivity index (χ2n) is 8.70. The Morgan fingerprint density at radius 1 is 1.16 bits per heavy atom. The highest BCUT2D eigenvalue weighted by Crippen LogP contribution is 2.31. The van der Waals surface area contributed by atoms with Crippen molar-refractivity contribution >= 4 is 50.4 Å². The summed E-state index contributed by atoms with van der Waals surface area (Å²) in [5, 5.41) is 0.384. The zero-order valence-corrected chi connectivity index (χ0v) is 21.8. The Balaban J connectivity index is 1.53. The van der Waals surface area contributed by atoms with Gasteiger partial charge in [0.15, 0.2) is 11.5 Å². The van der Waals surface area contributed by atoms with E-state index in [1.54, 1.807) is 42.3 Å². The predicted octanol–water partition coefficient (Wildman–Crippen LogP) is 5.12. The Morgan fingerprint density at radius 3 is 2.54 bits per heavy atom. The molecule has 0 atom stereocenters. The minimum Gasteiger partial charge on any atom is -0.311 e. The number of hydrogen-bond acceptors (Lipinski definition) is 5. The van der Waals surface area contributed by atoms with Gasteiger partial charge in [-0.05, 0) is 49.6 Å². The lowest BCUT2D eigenvalue weighted by Gasteiger charge is -2.26. The zero-order valence-electron chi connectivity index (χ0n) is 20.2. The summed E-state index contributed by atoms with van der Waals surface area (Å²) in [5.74, 6) is -0.215. The third kappa shape index (κ3) is 5.82. The molecule has 1 amide bonds. The van der Waals surface area contributed by atoms with Crippen molar-refractivity contribution < 1.29 is 18.0 Å². The van der Waals surface area contributed by atoms with E-state index in [9.17, 15) is 18.0 Å². The number of rotatable bonds is 9. The number of carbonyl (C=O) groups is 2. The minimum absolute atomic E-state index is 0.0270. The number of anilines is 2. The molecule has 1 aromatic heterocycles. The van der Waals surface area contributed by atoms with Crippen molar-refractivity contribution in [2.24, 2.45) is 0 Å². The number of amides is 1. The maximum absolute atomic E-state index is 13.6. The van der Waals surface area contributed by atoms with Crippen LogP contribution in [0.2, 0.25) is 5.02 Å². The Bertz CT molecular complexity index is 1470. The molecule has 1 aliphatic rings. The lowest BCUT2D eigenvalue weighted by Crippen LogP contribution is -2.36. The minimum atomic E-state index is -4.12. The van der Waals surface area contributed by atoms with Crippen LogP contribution in [-0.4, -0.2) is 38.2 Å². The predicted molar refractivity (Wildman–Crippen MR) is 143 cm³/mol. The van der Waals surface area contributed by atoms with Crippen LogP contribution < -0.4 is 9.21 Å². The van der Waals surface area contributed by atoms with Crippen LogP contribution in [0.4, 0.5) is 17.1 Å². The quantitative estimate of drug-likeness (QED) is 0.354. The third-order valence-electron chi connectivity index (χ3n) is 6.24. The largest absolute Gasteiger partial charge is 0.311 e. The molecule has 2 aromatic carbocycles. The molecule has 190 valence electrons. The van der Waals surface area contributed by atoms with Crippen LogP contribution in [0, 0.1) is 13.5 Å². The van der Waals surface area contributed by atoms with Gasteiger partial charge in [-0.2, -0.15) is 0 Å². The van der Waals surface area contributed by atoms with Gasteiger partial charge in [0.1, 0.15) is 0 Å². The van der Waals surface area contributed by atoms with E-state index in [4.69, 9.17) is 18.2 Å². The van der Waals surface area contributed by atoms with Gasteiger partial charge in [-0.1, -0.05) is 41.9 Å². The van der Waals surface area contributed by atoms with Crippen LogP contribution in [0.3, 0.4) is 0 Å². The Kier molecular flexibility index (Phi) is 7.91. The summed E-state index contributed by atoms with van der Waals surface area (Å²) in [5.41, 5.74) is 2.57. The number of pyridine rings is 1. The molecule has 1 saturated heterocycles. The number of nitrogens with zero attached hydrogens (tertiary/aromatic N) is 4. The fourth-order valence-electron chi connectivity index (χ4n) is 4.14. The SMILES string of the molecule is [C-]#[N+]c1ccc(S(=O)(=O)N(CC(=O)CCc2ccc(N3CCCC3=O)cn2)c2cccc(Cl)c2C)cc1. The van der Waals surface area contributed by atoms with Crippen LogP contribution in [0.15, 0.2) is 65.7 Å². The molecule has 8 nitrogen and oxygen atoms in total. The second kappa shape index (κ2) is 11.1. The number of aromatic nitrogens is 1. The fourth-order valence-corrected chi connectivity index (χ4v) is 5.81. The van der Waals surface area contributed by atoms with Gasteiger partial charge in [-0.15, -0.1) is 0 Å². The number of sulfonamides is 1. The molecule has 1 aliphatic heterocycles. The zero-order chi connectivity index (χ0) is 26.6. The van der Waals surface area contributed by atoms with Gasteiger partial charge in [0.2, 0.25) is 5.91 Å². The first-order chi connectivity index (χ1) is 17.7. The highest BCUT2D eigenvalue weighted by molar-refractivity contribution is 7.92. The molecule has 3 aromatic rings. The van der Waals surface area contributed by atoms with E-state index in [2.05, 4.69) is 9.83 Å². The topological polar surface area (TPSA) is 92.0 Å². The van der Waals surface area contributed by atoms with Gasteiger partial charge in [0.25, 0.3) is 10.0 Å². The van der Waals surface area contributed by atoms with Crippen molar-refractivity contribution in [3.05, 3.63) is 88.5 Å². The van der Waals surface area contributed by atoms with Crippen LogP contribution in [0.5, 0.6) is 0 Å². The summed E-state index contributed by atoms with van der Waals surface area (Å²) in [6.45, 7) is 9.09. The van der Waals surface area contributed by atoms with Gasteiger partial charge in [0, 0.05) is 30.1 Å². The number of hydrogen-bond donors (Lipinski definition) is 0. The van der Waals surface area contributed by atoms with Crippen LogP contribution in [-0.2, 0) is 26.0 Å². The lowest BCUT2D eigenvalue weighted by molar-refractivity contribution is -0.118. The van der Waals surface area contributed by atoms with Crippen molar-refractivity contribution in [3.8, 4) is 0 Å². The molecule has 0 bridgehead atoms. The van der Waals surface area contributed by atoms with Gasteiger partial charge in [0.05, 0.1) is 35.6 Å². The van der Waals surface area contributed by atoms with E-state index >= 15 is 0 Å². The van der Waals surface area contributed by atoms with Crippen LogP contribution in [0.25, 0.3) is 4.85 Å². The third-order valence-corrected chi connectivity index (χ3v) is 8.42. The van der Waals surface area contributed by atoms with Crippen molar-refractivity contribution in [1.82, 2.24) is 4.98 Å². The number of benzene rings is 2. The Labute approximate surface area is 221 Å². The average molecular weight is 537 g/mol. The van der Waals surface area contributed by atoms with Crippen LogP contribution in [0.1, 0.15) is 30.5 Å². The second-order valence-corrected chi connectivity index (χ2v) is 11.0. The van der Waals surface area contributed by atoms with Crippen molar-refractivity contribution in [3.63, 3.8) is 0 Å². The molecule has 0 spiro atoms.